The van der Waals surface area contributed by atoms with Crippen LogP contribution in [0.1, 0.15) is 43.7 Å². The topological polar surface area (TPSA) is 21.3 Å². The van der Waals surface area contributed by atoms with E-state index < -0.39 is 11.6 Å². The van der Waals surface area contributed by atoms with E-state index in [1.165, 1.54) is 18.6 Å². The van der Waals surface area contributed by atoms with Crippen molar-refractivity contribution in [2.45, 2.75) is 43.7 Å². The Labute approximate surface area is 113 Å². The Morgan fingerprint density at radius 2 is 1.68 bits per heavy atom. The first-order chi connectivity index (χ1) is 9.11. The van der Waals surface area contributed by atoms with Gasteiger partial charge in [-0.05, 0) is 37.6 Å². The number of halogens is 2. The molecule has 0 saturated heterocycles. The van der Waals surface area contributed by atoms with E-state index in [9.17, 15) is 8.78 Å². The van der Waals surface area contributed by atoms with Gasteiger partial charge in [-0.25, -0.2) is 8.78 Å². The predicted molar refractivity (Wildman–Crippen MR) is 71.0 cm³/mol. The smallest absolute Gasteiger partial charge is 0.126 e. The molecular formula is C15H21F2NO. The summed E-state index contributed by atoms with van der Waals surface area (Å²) in [5.74, 6) is -1.09. The van der Waals surface area contributed by atoms with E-state index in [1.807, 2.05) is 7.05 Å². The van der Waals surface area contributed by atoms with Crippen molar-refractivity contribution >= 4 is 0 Å². The van der Waals surface area contributed by atoms with E-state index in [0.29, 0.717) is 5.56 Å². The first-order valence-corrected chi connectivity index (χ1v) is 6.80. The molecule has 1 aliphatic carbocycles. The molecule has 2 rings (SSSR count). The molecule has 1 aromatic carbocycles. The minimum Gasteiger partial charge on any atom is -0.376 e. The fourth-order valence-corrected chi connectivity index (χ4v) is 3.24. The van der Waals surface area contributed by atoms with Crippen LogP contribution in [0.4, 0.5) is 8.78 Å². The van der Waals surface area contributed by atoms with Crippen molar-refractivity contribution in [3.05, 3.63) is 35.4 Å². The molecule has 1 fully saturated rings. The van der Waals surface area contributed by atoms with E-state index >= 15 is 0 Å². The normalized spacial score (nSPS) is 20.2. The number of nitrogens with one attached hydrogen (secondary N) is 1. The van der Waals surface area contributed by atoms with Crippen LogP contribution < -0.4 is 5.32 Å². The Morgan fingerprint density at radius 1 is 1.11 bits per heavy atom. The van der Waals surface area contributed by atoms with E-state index in [0.717, 1.165) is 31.7 Å². The Balaban J connectivity index is 2.36. The Morgan fingerprint density at radius 3 is 2.16 bits per heavy atom. The second kappa shape index (κ2) is 5.97. The van der Waals surface area contributed by atoms with Gasteiger partial charge in [-0.1, -0.05) is 19.3 Å². The maximum atomic E-state index is 13.4. The van der Waals surface area contributed by atoms with Gasteiger partial charge in [0.15, 0.2) is 0 Å². The lowest BCUT2D eigenvalue weighted by Gasteiger charge is -2.42. The molecule has 1 atom stereocenters. The molecule has 1 saturated carbocycles. The number of hydrogen-bond acceptors (Lipinski definition) is 2. The van der Waals surface area contributed by atoms with Crippen LogP contribution in [0, 0.1) is 11.6 Å². The summed E-state index contributed by atoms with van der Waals surface area (Å²) in [5.41, 5.74) is 0.247. The quantitative estimate of drug-likeness (QED) is 0.902. The summed E-state index contributed by atoms with van der Waals surface area (Å²) in [6.07, 6.45) is 5.19. The van der Waals surface area contributed by atoms with Crippen molar-refractivity contribution < 1.29 is 13.5 Å². The van der Waals surface area contributed by atoms with Gasteiger partial charge < -0.3 is 10.1 Å². The molecule has 0 radical (unpaired) electrons. The van der Waals surface area contributed by atoms with Crippen LogP contribution in [0.3, 0.4) is 0 Å². The summed E-state index contributed by atoms with van der Waals surface area (Å²) in [5, 5.41) is 3.18. The average Bonchev–Trinajstić information content (AvgIpc) is 2.39. The fraction of sp³-hybridized carbons (Fsp3) is 0.600. The van der Waals surface area contributed by atoms with Crippen LogP contribution in [-0.4, -0.2) is 19.8 Å². The monoisotopic (exact) mass is 269 g/mol. The SMILES string of the molecule is CNC(c1cc(F)cc(F)c1)C1(OC)CCCCC1. The third-order valence-corrected chi connectivity index (χ3v) is 4.14. The summed E-state index contributed by atoms with van der Waals surface area (Å²) < 4.78 is 32.6. The molecule has 19 heavy (non-hydrogen) atoms. The maximum Gasteiger partial charge on any atom is 0.126 e. The fourth-order valence-electron chi connectivity index (χ4n) is 3.24. The molecule has 1 aromatic rings. The van der Waals surface area contributed by atoms with E-state index in [1.54, 1.807) is 7.11 Å². The van der Waals surface area contributed by atoms with E-state index in [2.05, 4.69) is 5.32 Å². The Bertz CT molecular complexity index is 410. The number of rotatable bonds is 4. The summed E-state index contributed by atoms with van der Waals surface area (Å²) >= 11 is 0. The molecule has 0 amide bonds. The second-order valence-corrected chi connectivity index (χ2v) is 5.25. The van der Waals surface area contributed by atoms with Gasteiger partial charge in [-0.2, -0.15) is 0 Å². The maximum absolute atomic E-state index is 13.4. The molecule has 0 aliphatic heterocycles. The zero-order chi connectivity index (χ0) is 13.9. The van der Waals surface area contributed by atoms with Gasteiger partial charge in [0.1, 0.15) is 11.6 Å². The van der Waals surface area contributed by atoms with Gasteiger partial charge in [-0.15, -0.1) is 0 Å². The summed E-state index contributed by atoms with van der Waals surface area (Å²) in [6.45, 7) is 0. The molecule has 106 valence electrons. The lowest BCUT2D eigenvalue weighted by molar-refractivity contribution is -0.0672. The Hall–Kier alpha value is -1.00. The molecule has 0 bridgehead atoms. The highest BCUT2D eigenvalue weighted by molar-refractivity contribution is 5.25. The molecule has 1 unspecified atom stereocenters. The number of hydrogen-bond donors (Lipinski definition) is 1. The van der Waals surface area contributed by atoms with Crippen molar-refractivity contribution in [3.63, 3.8) is 0 Å². The molecule has 1 aliphatic rings. The highest BCUT2D eigenvalue weighted by Gasteiger charge is 2.40. The molecular weight excluding hydrogens is 248 g/mol. The first kappa shape index (κ1) is 14.4. The lowest BCUT2D eigenvalue weighted by atomic mass is 9.76. The molecule has 1 N–H and O–H groups in total. The molecule has 2 nitrogen and oxygen atoms in total. The average molecular weight is 269 g/mol. The summed E-state index contributed by atoms with van der Waals surface area (Å²) in [7, 11) is 3.49. The van der Waals surface area contributed by atoms with Gasteiger partial charge in [0, 0.05) is 13.2 Å². The summed E-state index contributed by atoms with van der Waals surface area (Å²) in [4.78, 5) is 0. The number of likely N-dealkylation sites (N-methyl/N-ethyl adjacent to an activating group) is 1. The van der Waals surface area contributed by atoms with Crippen LogP contribution in [0.15, 0.2) is 18.2 Å². The van der Waals surface area contributed by atoms with Crippen LogP contribution in [-0.2, 0) is 4.74 Å². The van der Waals surface area contributed by atoms with Crippen LogP contribution in [0.5, 0.6) is 0 Å². The van der Waals surface area contributed by atoms with Gasteiger partial charge in [-0.3, -0.25) is 0 Å². The lowest BCUT2D eigenvalue weighted by Crippen LogP contribution is -2.46. The molecule has 0 spiro atoms. The van der Waals surface area contributed by atoms with Gasteiger partial charge >= 0.3 is 0 Å². The van der Waals surface area contributed by atoms with Crippen molar-refractivity contribution in [3.8, 4) is 0 Å². The van der Waals surface area contributed by atoms with Crippen LogP contribution >= 0.6 is 0 Å². The molecule has 0 heterocycles. The van der Waals surface area contributed by atoms with Crippen LogP contribution in [0.25, 0.3) is 0 Å². The van der Waals surface area contributed by atoms with E-state index in [4.69, 9.17) is 4.74 Å². The standard InChI is InChI=1S/C15H21F2NO/c1-18-14(11-8-12(16)10-13(17)9-11)15(19-2)6-4-3-5-7-15/h8-10,14,18H,3-7H2,1-2H3. The number of ether oxygens (including phenoxy) is 1. The van der Waals surface area contributed by atoms with Gasteiger partial charge in [0.2, 0.25) is 0 Å². The van der Waals surface area contributed by atoms with E-state index in [-0.39, 0.29) is 11.6 Å². The first-order valence-electron chi connectivity index (χ1n) is 6.80. The summed E-state index contributed by atoms with van der Waals surface area (Å²) in [6, 6.07) is 3.48. The minimum atomic E-state index is -0.544. The largest absolute Gasteiger partial charge is 0.376 e. The number of methoxy groups -OCH3 is 1. The van der Waals surface area contributed by atoms with Gasteiger partial charge in [0.25, 0.3) is 0 Å². The van der Waals surface area contributed by atoms with Crippen molar-refractivity contribution in [2.75, 3.05) is 14.2 Å². The minimum absolute atomic E-state index is 0.192. The molecule has 0 aromatic heterocycles. The number of benzene rings is 1. The third kappa shape index (κ3) is 2.95. The van der Waals surface area contributed by atoms with Crippen LogP contribution in [0.2, 0.25) is 0 Å². The highest BCUT2D eigenvalue weighted by atomic mass is 19.1. The zero-order valence-electron chi connectivity index (χ0n) is 11.5. The van der Waals surface area contributed by atoms with Gasteiger partial charge in [0.05, 0.1) is 11.6 Å². The van der Waals surface area contributed by atoms with Crippen molar-refractivity contribution in [1.29, 1.82) is 0 Å². The van der Waals surface area contributed by atoms with Crippen molar-refractivity contribution in [1.82, 2.24) is 5.32 Å². The molecule has 4 heteroatoms. The Kier molecular flexibility index (Phi) is 4.53. The zero-order valence-corrected chi connectivity index (χ0v) is 11.5. The predicted octanol–water partition coefficient (Wildman–Crippen LogP) is 3.57. The van der Waals surface area contributed by atoms with Crippen molar-refractivity contribution in [2.24, 2.45) is 0 Å². The highest BCUT2D eigenvalue weighted by Crippen LogP contribution is 2.41. The third-order valence-electron chi connectivity index (χ3n) is 4.14. The second-order valence-electron chi connectivity index (χ2n) is 5.25.